The number of benzene rings is 3. The number of hydrogen-bond acceptors (Lipinski definition) is 11. The van der Waals surface area contributed by atoms with Gasteiger partial charge in [0.05, 0.1) is 64.5 Å². The van der Waals surface area contributed by atoms with Crippen LogP contribution in [-0.2, 0) is 4.79 Å². The van der Waals surface area contributed by atoms with Crippen molar-refractivity contribution in [1.29, 1.82) is 5.26 Å². The molecule has 0 bridgehead atoms. The number of rotatable bonds is 13. The molecule has 1 aromatic heterocycles. The number of pyridine rings is 1. The second-order valence-corrected chi connectivity index (χ2v) is 13.9. The van der Waals surface area contributed by atoms with Crippen LogP contribution in [0.2, 0.25) is 10.0 Å². The Balaban J connectivity index is 1.06. The van der Waals surface area contributed by atoms with Crippen LogP contribution in [0.25, 0.3) is 10.9 Å². The van der Waals surface area contributed by atoms with Gasteiger partial charge in [0.2, 0.25) is 5.91 Å². The lowest BCUT2D eigenvalue weighted by atomic mass is 10.1. The summed E-state index contributed by atoms with van der Waals surface area (Å²) in [6.45, 7) is 3.44. The van der Waals surface area contributed by atoms with E-state index in [1.807, 2.05) is 6.26 Å². The molecule has 1 fully saturated rings. The summed E-state index contributed by atoms with van der Waals surface area (Å²) in [6.07, 6.45) is 4.05. The van der Waals surface area contributed by atoms with Gasteiger partial charge in [-0.15, -0.1) is 0 Å². The third-order valence-corrected chi connectivity index (χ3v) is 10.3. The average Bonchev–Trinajstić information content (AvgIpc) is 3.41. The number of aromatic nitrogens is 1. The number of amides is 3. The molecule has 12 nitrogen and oxygen atoms in total. The summed E-state index contributed by atoms with van der Waals surface area (Å²) in [4.78, 5) is 49.6. The van der Waals surface area contributed by atoms with Crippen molar-refractivity contribution in [2.45, 2.75) is 12.5 Å². The summed E-state index contributed by atoms with van der Waals surface area (Å²) in [6, 6.07) is 14.8. The minimum Gasteiger partial charge on any atom is -0.495 e. The third kappa shape index (κ3) is 7.43. The standard InChI is InChI=1S/C37H36Cl2N6O6S/c1-49-31-18-29(26(38)16-27(31)39)42-34-22(19-40)20-41-28-17-33(32(50-2)15-25(28)34)51-14-6-9-43-10-12-44(13-11-43)37(48)30(21-52-3)45-35(46)23-7-4-5-8-24(23)36(45)47/h4-5,7-8,15-18,20,30H,6,9-14,21H2,1-3H3,(H,41,42). The highest BCUT2D eigenvalue weighted by Gasteiger charge is 2.44. The van der Waals surface area contributed by atoms with E-state index in [0.717, 1.165) is 11.4 Å². The lowest BCUT2D eigenvalue weighted by molar-refractivity contribution is -0.136. The molecular weight excluding hydrogens is 727 g/mol. The van der Waals surface area contributed by atoms with Gasteiger partial charge in [-0.2, -0.15) is 17.0 Å². The Morgan fingerprint density at radius 2 is 1.67 bits per heavy atom. The molecule has 1 unspecified atom stereocenters. The van der Waals surface area contributed by atoms with E-state index in [4.69, 9.17) is 37.4 Å². The number of carbonyl (C=O) groups excluding carboxylic acids is 3. The molecule has 0 radical (unpaired) electrons. The highest BCUT2D eigenvalue weighted by atomic mass is 35.5. The number of thioether (sulfide) groups is 1. The first-order valence-electron chi connectivity index (χ1n) is 16.5. The number of nitrogens with zero attached hydrogens (tertiary/aromatic N) is 5. The SMILES string of the molecule is COc1cc(Nc2c(C#N)cnc3cc(OCCCN4CCN(C(=O)C(CSC)N5C(=O)c6ccccc6C5=O)CC4)c(OC)cc23)c(Cl)cc1Cl. The molecule has 1 N–H and O–H groups in total. The van der Waals surface area contributed by atoms with Crippen molar-refractivity contribution in [3.63, 3.8) is 0 Å². The van der Waals surface area contributed by atoms with Gasteiger partial charge in [0.1, 0.15) is 17.9 Å². The molecular formula is C37H36Cl2N6O6S. The van der Waals surface area contributed by atoms with Crippen LogP contribution in [0.15, 0.2) is 54.7 Å². The molecule has 6 rings (SSSR count). The van der Waals surface area contributed by atoms with Gasteiger partial charge >= 0.3 is 0 Å². The number of ether oxygens (including phenoxy) is 3. The molecule has 52 heavy (non-hydrogen) atoms. The molecule has 3 heterocycles. The Morgan fingerprint density at radius 3 is 2.31 bits per heavy atom. The summed E-state index contributed by atoms with van der Waals surface area (Å²) in [5.41, 5.74) is 2.55. The van der Waals surface area contributed by atoms with Gasteiger partial charge in [0, 0.05) is 62.2 Å². The maximum atomic E-state index is 13.7. The van der Waals surface area contributed by atoms with Gasteiger partial charge < -0.3 is 24.4 Å². The number of imide groups is 1. The Labute approximate surface area is 315 Å². The van der Waals surface area contributed by atoms with E-state index >= 15 is 0 Å². The zero-order valence-electron chi connectivity index (χ0n) is 28.8. The van der Waals surface area contributed by atoms with E-state index < -0.39 is 17.9 Å². The first-order valence-corrected chi connectivity index (χ1v) is 18.6. The van der Waals surface area contributed by atoms with E-state index in [2.05, 4.69) is 21.3 Å². The number of piperazine rings is 1. The van der Waals surface area contributed by atoms with Gasteiger partial charge in [0.25, 0.3) is 11.8 Å². The molecule has 0 aliphatic carbocycles. The predicted octanol–water partition coefficient (Wildman–Crippen LogP) is 6.11. The second-order valence-electron chi connectivity index (χ2n) is 12.1. The molecule has 2 aliphatic rings. The van der Waals surface area contributed by atoms with Crippen molar-refractivity contribution in [2.75, 3.05) is 70.9 Å². The lowest BCUT2D eigenvalue weighted by Gasteiger charge is -2.37. The predicted molar refractivity (Wildman–Crippen MR) is 202 cm³/mol. The van der Waals surface area contributed by atoms with Gasteiger partial charge in [0.15, 0.2) is 11.5 Å². The van der Waals surface area contributed by atoms with Crippen LogP contribution in [0.5, 0.6) is 17.2 Å². The largest absolute Gasteiger partial charge is 0.495 e. The number of methoxy groups -OCH3 is 2. The number of halogens is 2. The summed E-state index contributed by atoms with van der Waals surface area (Å²) in [5.74, 6) is 0.689. The zero-order chi connectivity index (χ0) is 36.9. The summed E-state index contributed by atoms with van der Waals surface area (Å²) in [7, 11) is 3.05. The molecule has 4 aromatic rings. The van der Waals surface area contributed by atoms with E-state index in [1.54, 1.807) is 60.5 Å². The average molecular weight is 764 g/mol. The van der Waals surface area contributed by atoms with Crippen LogP contribution in [0.4, 0.5) is 11.4 Å². The van der Waals surface area contributed by atoms with Gasteiger partial charge in [-0.25, -0.2) is 0 Å². The Kier molecular flexibility index (Phi) is 11.6. The topological polar surface area (TPSA) is 137 Å². The van der Waals surface area contributed by atoms with Crippen LogP contribution < -0.4 is 19.5 Å². The summed E-state index contributed by atoms with van der Waals surface area (Å²) in [5, 5.41) is 14.5. The number of carbonyl (C=O) groups is 3. The highest BCUT2D eigenvalue weighted by molar-refractivity contribution is 7.98. The smallest absolute Gasteiger partial charge is 0.262 e. The lowest BCUT2D eigenvalue weighted by Crippen LogP contribution is -2.57. The number of hydrogen-bond donors (Lipinski definition) is 1. The van der Waals surface area contributed by atoms with Crippen LogP contribution >= 0.6 is 35.0 Å². The van der Waals surface area contributed by atoms with Crippen LogP contribution in [-0.4, -0.2) is 109 Å². The number of nitrogens with one attached hydrogen (secondary N) is 1. The van der Waals surface area contributed by atoms with Crippen molar-refractivity contribution in [3.8, 4) is 23.3 Å². The normalized spacial score (nSPS) is 15.0. The Hall–Kier alpha value is -4.74. The number of nitriles is 1. The molecule has 3 aromatic carbocycles. The fraction of sp³-hybridized carbons (Fsp3) is 0.324. The van der Waals surface area contributed by atoms with Crippen LogP contribution in [0, 0.1) is 11.3 Å². The molecule has 3 amide bonds. The number of anilines is 2. The first-order chi connectivity index (χ1) is 25.2. The minimum absolute atomic E-state index is 0.208. The zero-order valence-corrected chi connectivity index (χ0v) is 31.1. The fourth-order valence-electron chi connectivity index (χ4n) is 6.39. The molecule has 1 saturated heterocycles. The summed E-state index contributed by atoms with van der Waals surface area (Å²) < 4.78 is 17.2. The first kappa shape index (κ1) is 37.0. The molecule has 270 valence electrons. The van der Waals surface area contributed by atoms with E-state index in [-0.39, 0.29) is 5.91 Å². The minimum atomic E-state index is -0.856. The molecule has 15 heteroatoms. The summed E-state index contributed by atoms with van der Waals surface area (Å²) >= 11 is 14.1. The highest BCUT2D eigenvalue weighted by Crippen LogP contribution is 2.40. The molecule has 2 aliphatic heterocycles. The van der Waals surface area contributed by atoms with Gasteiger partial charge in [-0.3, -0.25) is 29.2 Å². The van der Waals surface area contributed by atoms with Gasteiger partial charge in [-0.1, -0.05) is 35.3 Å². The van der Waals surface area contributed by atoms with Crippen molar-refractivity contribution in [1.82, 2.24) is 19.7 Å². The number of fused-ring (bicyclic) bond motifs is 2. The van der Waals surface area contributed by atoms with Crippen molar-refractivity contribution in [3.05, 3.63) is 81.5 Å². The fourth-order valence-corrected chi connectivity index (χ4v) is 7.50. The van der Waals surface area contributed by atoms with E-state index in [1.165, 1.54) is 25.1 Å². The third-order valence-electron chi connectivity index (χ3n) is 9.08. The van der Waals surface area contributed by atoms with Crippen molar-refractivity contribution in [2.24, 2.45) is 0 Å². The Morgan fingerprint density at radius 1 is 0.981 bits per heavy atom. The monoisotopic (exact) mass is 762 g/mol. The molecule has 1 atom stereocenters. The molecule has 0 spiro atoms. The second kappa shape index (κ2) is 16.3. The maximum absolute atomic E-state index is 13.7. The maximum Gasteiger partial charge on any atom is 0.262 e. The van der Waals surface area contributed by atoms with Crippen molar-refractivity contribution >= 4 is 75.0 Å². The van der Waals surface area contributed by atoms with Gasteiger partial charge in [-0.05, 0) is 36.9 Å². The van der Waals surface area contributed by atoms with E-state index in [9.17, 15) is 19.6 Å². The van der Waals surface area contributed by atoms with Crippen LogP contribution in [0.1, 0.15) is 32.7 Å². The van der Waals surface area contributed by atoms with Crippen LogP contribution in [0.3, 0.4) is 0 Å². The quantitative estimate of drug-likeness (QED) is 0.125. The van der Waals surface area contributed by atoms with E-state index in [0.29, 0.717) is 111 Å². The Bertz CT molecular complexity index is 2030. The van der Waals surface area contributed by atoms with Crippen molar-refractivity contribution < 1.29 is 28.6 Å². The molecule has 0 saturated carbocycles.